The van der Waals surface area contributed by atoms with Gasteiger partial charge in [0.05, 0.1) is 6.20 Å². The molecule has 0 radical (unpaired) electrons. The molecule has 2 nitrogen and oxygen atoms in total. The van der Waals surface area contributed by atoms with Gasteiger partial charge in [-0.2, -0.15) is 0 Å². The van der Waals surface area contributed by atoms with Gasteiger partial charge in [0.2, 0.25) is 0 Å². The number of aromatic nitrogens is 2. The molecule has 4 heteroatoms. The van der Waals surface area contributed by atoms with Gasteiger partial charge in [-0.3, -0.25) is 0 Å². The average molecular weight is 219 g/mol. The van der Waals surface area contributed by atoms with Crippen LogP contribution in [0.25, 0.3) is 0 Å². The van der Waals surface area contributed by atoms with E-state index in [2.05, 4.69) is 20.9 Å². The summed E-state index contributed by atoms with van der Waals surface area (Å²) in [5, 5.41) is 0. The largest absolute Gasteiger partial charge is 0.320 e. The molecular weight excluding hydrogens is 211 g/mol. The third kappa shape index (κ3) is 1.09. The molecule has 11 heavy (non-hydrogen) atoms. The van der Waals surface area contributed by atoms with Crippen molar-refractivity contribution in [3.05, 3.63) is 16.6 Å². The molecule has 0 amide bonds. The summed E-state index contributed by atoms with van der Waals surface area (Å²) in [6.07, 6.45) is 2.31. The number of hydrogen-bond donors (Lipinski definition) is 0. The van der Waals surface area contributed by atoms with E-state index in [1.807, 2.05) is 4.57 Å². The first-order valence-corrected chi connectivity index (χ1v) is 4.43. The quantitative estimate of drug-likeness (QED) is 0.655. The number of imidazole rings is 1. The van der Waals surface area contributed by atoms with E-state index in [9.17, 15) is 4.39 Å². The molecule has 0 saturated heterocycles. The number of rotatable bonds is 0. The zero-order chi connectivity index (χ0) is 7.84. The van der Waals surface area contributed by atoms with E-state index in [1.54, 1.807) is 6.20 Å². The lowest BCUT2D eigenvalue weighted by Gasteiger charge is -2.17. The second kappa shape index (κ2) is 2.59. The maximum absolute atomic E-state index is 13.1. The van der Waals surface area contributed by atoms with E-state index in [1.165, 1.54) is 0 Å². The van der Waals surface area contributed by atoms with E-state index in [-0.39, 0.29) is 0 Å². The Labute approximate surface area is 72.6 Å². The summed E-state index contributed by atoms with van der Waals surface area (Å²) in [7, 11) is 0. The van der Waals surface area contributed by atoms with Crippen LogP contribution in [0.15, 0.2) is 10.8 Å². The first kappa shape index (κ1) is 7.28. The number of nitrogens with zero attached hydrogens (tertiary/aromatic N) is 2. The second-order valence-electron chi connectivity index (χ2n) is 2.70. The Hall–Kier alpha value is -0.380. The molecule has 1 aromatic rings. The summed E-state index contributed by atoms with van der Waals surface area (Å²) < 4.78 is 15.9. The Morgan fingerprint density at radius 1 is 1.73 bits per heavy atom. The van der Waals surface area contributed by atoms with Crippen LogP contribution in [-0.2, 0) is 6.54 Å². The van der Waals surface area contributed by atoms with Crippen LogP contribution in [-0.4, -0.2) is 9.55 Å². The van der Waals surface area contributed by atoms with Crippen LogP contribution >= 0.6 is 15.9 Å². The Kier molecular flexibility index (Phi) is 1.71. The van der Waals surface area contributed by atoms with E-state index in [0.717, 1.165) is 17.6 Å². The van der Waals surface area contributed by atoms with Crippen molar-refractivity contribution in [1.29, 1.82) is 0 Å². The van der Waals surface area contributed by atoms with Crippen LogP contribution in [0.2, 0.25) is 0 Å². The lowest BCUT2D eigenvalue weighted by molar-refractivity contribution is 0.259. The summed E-state index contributed by atoms with van der Waals surface area (Å²) in [4.78, 5) is 3.98. The number of alkyl halides is 1. The second-order valence-corrected chi connectivity index (χ2v) is 3.51. The molecule has 1 atom stereocenters. The molecule has 0 bridgehead atoms. The van der Waals surface area contributed by atoms with Gasteiger partial charge in [0.25, 0.3) is 0 Å². The van der Waals surface area contributed by atoms with Gasteiger partial charge >= 0.3 is 0 Å². The predicted octanol–water partition coefficient (Wildman–Crippen LogP) is 2.45. The minimum atomic E-state index is -0.866. The lowest BCUT2D eigenvalue weighted by Crippen LogP contribution is -2.13. The molecule has 1 aromatic heterocycles. The number of fused-ring (bicyclic) bond motifs is 1. The van der Waals surface area contributed by atoms with Crippen molar-refractivity contribution < 1.29 is 4.39 Å². The Balaban J connectivity index is 2.46. The van der Waals surface area contributed by atoms with E-state index < -0.39 is 6.17 Å². The lowest BCUT2D eigenvalue weighted by atomic mass is 10.1. The SMILES string of the molecule is FC1CCCn2c(Br)cnc21. The minimum Gasteiger partial charge on any atom is -0.320 e. The standard InChI is InChI=1S/C7H8BrFN2/c8-6-4-10-7-5(9)2-1-3-11(6)7/h4-5H,1-3H2. The first-order chi connectivity index (χ1) is 5.29. The van der Waals surface area contributed by atoms with Crippen LogP contribution in [0.5, 0.6) is 0 Å². The zero-order valence-corrected chi connectivity index (χ0v) is 7.51. The smallest absolute Gasteiger partial charge is 0.158 e. The van der Waals surface area contributed by atoms with Crippen molar-refractivity contribution in [1.82, 2.24) is 9.55 Å². The van der Waals surface area contributed by atoms with Crippen molar-refractivity contribution in [2.24, 2.45) is 0 Å². The normalized spacial score (nSPS) is 23.3. The molecule has 60 valence electrons. The topological polar surface area (TPSA) is 17.8 Å². The highest BCUT2D eigenvalue weighted by molar-refractivity contribution is 9.10. The van der Waals surface area contributed by atoms with E-state index >= 15 is 0 Å². The van der Waals surface area contributed by atoms with Crippen LogP contribution in [0.1, 0.15) is 24.8 Å². The van der Waals surface area contributed by atoms with Gasteiger partial charge in [-0.05, 0) is 28.8 Å². The summed E-state index contributed by atoms with van der Waals surface area (Å²) in [6.45, 7) is 0.885. The molecular formula is C7H8BrFN2. The van der Waals surface area contributed by atoms with E-state index in [0.29, 0.717) is 12.2 Å². The van der Waals surface area contributed by atoms with Crippen molar-refractivity contribution >= 4 is 15.9 Å². The van der Waals surface area contributed by atoms with Gasteiger partial charge in [0, 0.05) is 6.54 Å². The van der Waals surface area contributed by atoms with Crippen molar-refractivity contribution in [3.8, 4) is 0 Å². The van der Waals surface area contributed by atoms with Crippen molar-refractivity contribution in [2.75, 3.05) is 0 Å². The molecule has 2 heterocycles. The molecule has 0 spiro atoms. The van der Waals surface area contributed by atoms with Crippen molar-refractivity contribution in [2.45, 2.75) is 25.6 Å². The molecule has 1 unspecified atom stereocenters. The molecule has 1 aliphatic rings. The highest BCUT2D eigenvalue weighted by atomic mass is 79.9. The third-order valence-corrected chi connectivity index (χ3v) is 2.59. The molecule has 0 fully saturated rings. The number of hydrogen-bond acceptors (Lipinski definition) is 1. The Morgan fingerprint density at radius 2 is 2.55 bits per heavy atom. The fourth-order valence-electron chi connectivity index (χ4n) is 1.40. The molecule has 0 aliphatic carbocycles. The molecule has 1 aliphatic heterocycles. The van der Waals surface area contributed by atoms with Gasteiger partial charge in [-0.1, -0.05) is 0 Å². The maximum atomic E-state index is 13.1. The van der Waals surface area contributed by atoms with Gasteiger partial charge in [0.1, 0.15) is 10.4 Å². The fourth-order valence-corrected chi connectivity index (χ4v) is 1.86. The zero-order valence-electron chi connectivity index (χ0n) is 5.93. The highest BCUT2D eigenvalue weighted by Gasteiger charge is 2.22. The minimum absolute atomic E-state index is 0.572. The summed E-state index contributed by atoms with van der Waals surface area (Å²) >= 11 is 3.31. The van der Waals surface area contributed by atoms with Gasteiger partial charge in [0.15, 0.2) is 6.17 Å². The molecule has 0 saturated carbocycles. The van der Waals surface area contributed by atoms with Crippen LogP contribution in [0.4, 0.5) is 4.39 Å². The van der Waals surface area contributed by atoms with Gasteiger partial charge < -0.3 is 4.57 Å². The summed E-state index contributed by atoms with van der Waals surface area (Å²) in [5.41, 5.74) is 0. The van der Waals surface area contributed by atoms with Crippen molar-refractivity contribution in [3.63, 3.8) is 0 Å². The maximum Gasteiger partial charge on any atom is 0.158 e. The first-order valence-electron chi connectivity index (χ1n) is 3.64. The summed E-state index contributed by atoms with van der Waals surface area (Å²) in [5.74, 6) is 0.572. The Bertz CT molecular complexity index is 271. The molecule has 0 aromatic carbocycles. The highest BCUT2D eigenvalue weighted by Crippen LogP contribution is 2.29. The van der Waals surface area contributed by atoms with Gasteiger partial charge in [-0.15, -0.1) is 0 Å². The average Bonchev–Trinajstić information content (AvgIpc) is 2.35. The fraction of sp³-hybridized carbons (Fsp3) is 0.571. The molecule has 2 rings (SSSR count). The van der Waals surface area contributed by atoms with Gasteiger partial charge in [-0.25, -0.2) is 9.37 Å². The Morgan fingerprint density at radius 3 is 3.27 bits per heavy atom. The summed E-state index contributed by atoms with van der Waals surface area (Å²) in [6, 6.07) is 0. The third-order valence-electron chi connectivity index (χ3n) is 1.96. The number of halogens is 2. The van der Waals surface area contributed by atoms with Crippen LogP contribution in [0.3, 0.4) is 0 Å². The van der Waals surface area contributed by atoms with E-state index in [4.69, 9.17) is 0 Å². The monoisotopic (exact) mass is 218 g/mol. The predicted molar refractivity (Wildman–Crippen MR) is 43.0 cm³/mol. The molecule has 0 N–H and O–H groups in total. The van der Waals surface area contributed by atoms with Crippen LogP contribution < -0.4 is 0 Å². The van der Waals surface area contributed by atoms with Crippen LogP contribution in [0, 0.1) is 0 Å².